The minimum absolute atomic E-state index is 0.0734. The highest BCUT2D eigenvalue weighted by Gasteiger charge is 2.22. The summed E-state index contributed by atoms with van der Waals surface area (Å²) in [4.78, 5) is 8.93. The van der Waals surface area contributed by atoms with E-state index in [-0.39, 0.29) is 5.54 Å². The molecule has 0 aliphatic rings. The van der Waals surface area contributed by atoms with Crippen molar-refractivity contribution < 1.29 is 0 Å². The summed E-state index contributed by atoms with van der Waals surface area (Å²) >= 11 is 0. The van der Waals surface area contributed by atoms with Gasteiger partial charge < -0.3 is 10.3 Å². The molecule has 0 bridgehead atoms. The molecule has 2 heterocycles. The maximum atomic E-state index is 5.85. The molecular formula is C16H18N4. The van der Waals surface area contributed by atoms with Gasteiger partial charge in [-0.05, 0) is 39.0 Å². The fraction of sp³-hybridized carbons (Fsp3) is 0.250. The first-order valence-corrected chi connectivity index (χ1v) is 6.66. The number of fused-ring (bicyclic) bond motifs is 1. The number of nitrogens with two attached hydrogens (primary N) is 1. The molecule has 102 valence electrons. The van der Waals surface area contributed by atoms with Gasteiger partial charge in [-0.3, -0.25) is 4.98 Å². The first-order chi connectivity index (χ1) is 9.47. The number of benzene rings is 1. The molecule has 0 aliphatic heterocycles. The van der Waals surface area contributed by atoms with Gasteiger partial charge in [-0.1, -0.05) is 12.1 Å². The zero-order chi connectivity index (χ0) is 14.3. The second-order valence-electron chi connectivity index (χ2n) is 5.94. The van der Waals surface area contributed by atoms with Crippen LogP contribution in [0.15, 0.2) is 42.7 Å². The lowest BCUT2D eigenvalue weighted by Crippen LogP contribution is -2.22. The molecule has 2 aromatic heterocycles. The molecule has 20 heavy (non-hydrogen) atoms. The molecule has 0 spiro atoms. The average Bonchev–Trinajstić information content (AvgIpc) is 2.77. The van der Waals surface area contributed by atoms with E-state index in [1.54, 1.807) is 12.4 Å². The molecule has 0 amide bonds. The zero-order valence-corrected chi connectivity index (χ0v) is 12.0. The molecule has 0 unspecified atom stereocenters. The van der Waals surface area contributed by atoms with E-state index < -0.39 is 0 Å². The topological polar surface area (TPSA) is 56.7 Å². The Kier molecular flexibility index (Phi) is 2.74. The number of pyridine rings is 1. The Morgan fingerprint density at radius 3 is 2.55 bits per heavy atom. The third-order valence-electron chi connectivity index (χ3n) is 3.25. The molecule has 0 aliphatic carbocycles. The van der Waals surface area contributed by atoms with Crippen LogP contribution in [0.1, 0.15) is 20.8 Å². The van der Waals surface area contributed by atoms with Crippen molar-refractivity contribution in [1.82, 2.24) is 14.5 Å². The van der Waals surface area contributed by atoms with E-state index >= 15 is 0 Å². The van der Waals surface area contributed by atoms with E-state index in [2.05, 4.69) is 36.4 Å². The number of aromatic nitrogens is 3. The zero-order valence-electron chi connectivity index (χ0n) is 12.0. The Morgan fingerprint density at radius 1 is 1.10 bits per heavy atom. The number of nitrogen functional groups attached to an aromatic ring is 1. The molecule has 0 radical (unpaired) electrons. The number of nitrogens with zero attached hydrogens (tertiary/aromatic N) is 3. The number of hydrogen-bond acceptors (Lipinski definition) is 3. The molecule has 2 N–H and O–H groups in total. The first kappa shape index (κ1) is 12.7. The smallest absolute Gasteiger partial charge is 0.143 e. The molecule has 4 nitrogen and oxygen atoms in total. The summed E-state index contributed by atoms with van der Waals surface area (Å²) in [5, 5.41) is 0. The van der Waals surface area contributed by atoms with Gasteiger partial charge in [0.25, 0.3) is 0 Å². The molecule has 1 aromatic carbocycles. The first-order valence-electron chi connectivity index (χ1n) is 6.66. The van der Waals surface area contributed by atoms with Crippen LogP contribution in [0.3, 0.4) is 0 Å². The Balaban J connectivity index is 2.35. The lowest BCUT2D eigenvalue weighted by Gasteiger charge is -2.24. The van der Waals surface area contributed by atoms with Crippen molar-refractivity contribution in [1.29, 1.82) is 0 Å². The number of para-hydroxylation sites is 2. The number of imidazole rings is 1. The third-order valence-corrected chi connectivity index (χ3v) is 3.25. The minimum Gasteiger partial charge on any atom is -0.397 e. The SMILES string of the molecule is CC(C)(C)n1c(-c2cncc(N)c2)nc2ccccc21. The Hall–Kier alpha value is -2.36. The largest absolute Gasteiger partial charge is 0.397 e. The van der Waals surface area contributed by atoms with Gasteiger partial charge in [0.15, 0.2) is 0 Å². The molecule has 3 aromatic rings. The van der Waals surface area contributed by atoms with Gasteiger partial charge in [-0.15, -0.1) is 0 Å². The van der Waals surface area contributed by atoms with Crippen LogP contribution < -0.4 is 5.73 Å². The fourth-order valence-electron chi connectivity index (χ4n) is 2.48. The van der Waals surface area contributed by atoms with Crippen LogP contribution in [-0.4, -0.2) is 14.5 Å². The van der Waals surface area contributed by atoms with Crippen LogP contribution in [-0.2, 0) is 5.54 Å². The van der Waals surface area contributed by atoms with Crippen molar-refractivity contribution in [3.05, 3.63) is 42.7 Å². The van der Waals surface area contributed by atoms with Crippen molar-refractivity contribution >= 4 is 16.7 Å². The normalized spacial score (nSPS) is 11.9. The summed E-state index contributed by atoms with van der Waals surface area (Å²) in [6.07, 6.45) is 3.45. The third kappa shape index (κ3) is 2.03. The predicted octanol–water partition coefficient (Wildman–Crippen LogP) is 3.44. The van der Waals surface area contributed by atoms with Gasteiger partial charge in [0, 0.05) is 23.5 Å². The highest BCUT2D eigenvalue weighted by molar-refractivity contribution is 5.81. The van der Waals surface area contributed by atoms with Crippen LogP contribution >= 0.6 is 0 Å². The fourth-order valence-corrected chi connectivity index (χ4v) is 2.48. The second kappa shape index (κ2) is 4.34. The second-order valence-corrected chi connectivity index (χ2v) is 5.94. The van der Waals surface area contributed by atoms with E-state index in [1.165, 1.54) is 0 Å². The van der Waals surface area contributed by atoms with Gasteiger partial charge >= 0.3 is 0 Å². The molecule has 3 rings (SSSR count). The molecule has 0 fully saturated rings. The lowest BCUT2D eigenvalue weighted by atomic mass is 10.1. The monoisotopic (exact) mass is 266 g/mol. The van der Waals surface area contributed by atoms with Crippen molar-refractivity contribution in [2.75, 3.05) is 5.73 Å². The number of rotatable bonds is 1. The number of hydrogen-bond donors (Lipinski definition) is 1. The number of anilines is 1. The summed E-state index contributed by atoms with van der Waals surface area (Å²) in [5.41, 5.74) is 9.47. The quantitative estimate of drug-likeness (QED) is 0.734. The van der Waals surface area contributed by atoms with Crippen LogP contribution in [0.5, 0.6) is 0 Å². The highest BCUT2D eigenvalue weighted by Crippen LogP contribution is 2.31. The van der Waals surface area contributed by atoms with Crippen LogP contribution in [0.25, 0.3) is 22.4 Å². The Labute approximate surface area is 118 Å². The van der Waals surface area contributed by atoms with E-state index in [0.717, 1.165) is 22.4 Å². The van der Waals surface area contributed by atoms with E-state index in [1.807, 2.05) is 24.3 Å². The van der Waals surface area contributed by atoms with E-state index in [4.69, 9.17) is 10.7 Å². The van der Waals surface area contributed by atoms with Gasteiger partial charge in [-0.25, -0.2) is 4.98 Å². The molecule has 4 heteroatoms. The molecule has 0 atom stereocenters. The molecule has 0 saturated heterocycles. The van der Waals surface area contributed by atoms with Gasteiger partial charge in [0.1, 0.15) is 5.82 Å². The standard InChI is InChI=1S/C16H18N4/c1-16(2,3)20-14-7-5-4-6-13(14)19-15(20)11-8-12(17)10-18-9-11/h4-10H,17H2,1-3H3. The van der Waals surface area contributed by atoms with E-state index in [0.29, 0.717) is 5.69 Å². The molecule has 0 saturated carbocycles. The van der Waals surface area contributed by atoms with Crippen molar-refractivity contribution in [3.63, 3.8) is 0 Å². The summed E-state index contributed by atoms with van der Waals surface area (Å²) < 4.78 is 2.23. The lowest BCUT2D eigenvalue weighted by molar-refractivity contribution is 0.413. The summed E-state index contributed by atoms with van der Waals surface area (Å²) in [5.74, 6) is 0.901. The maximum Gasteiger partial charge on any atom is 0.143 e. The Bertz CT molecular complexity index is 765. The van der Waals surface area contributed by atoms with Gasteiger partial charge in [0.05, 0.1) is 16.7 Å². The Morgan fingerprint density at radius 2 is 1.85 bits per heavy atom. The van der Waals surface area contributed by atoms with Crippen LogP contribution in [0.4, 0.5) is 5.69 Å². The predicted molar refractivity (Wildman–Crippen MR) is 82.4 cm³/mol. The molecular weight excluding hydrogens is 248 g/mol. The van der Waals surface area contributed by atoms with Gasteiger partial charge in [-0.2, -0.15) is 0 Å². The summed E-state index contributed by atoms with van der Waals surface area (Å²) in [7, 11) is 0. The summed E-state index contributed by atoms with van der Waals surface area (Å²) in [6, 6.07) is 10.1. The van der Waals surface area contributed by atoms with Crippen molar-refractivity contribution in [2.45, 2.75) is 26.3 Å². The van der Waals surface area contributed by atoms with Crippen LogP contribution in [0, 0.1) is 0 Å². The van der Waals surface area contributed by atoms with E-state index in [9.17, 15) is 0 Å². The van der Waals surface area contributed by atoms with Crippen LogP contribution in [0.2, 0.25) is 0 Å². The summed E-state index contributed by atoms with van der Waals surface area (Å²) in [6.45, 7) is 6.51. The maximum absolute atomic E-state index is 5.85. The van der Waals surface area contributed by atoms with Crippen molar-refractivity contribution in [2.24, 2.45) is 0 Å². The average molecular weight is 266 g/mol. The highest BCUT2D eigenvalue weighted by atomic mass is 15.1. The minimum atomic E-state index is -0.0734. The van der Waals surface area contributed by atoms with Gasteiger partial charge in [0.2, 0.25) is 0 Å². The van der Waals surface area contributed by atoms with Crippen molar-refractivity contribution in [3.8, 4) is 11.4 Å².